The van der Waals surface area contributed by atoms with Crippen LogP contribution in [0.15, 0.2) is 55.1 Å². The molecule has 6 nitrogen and oxygen atoms in total. The summed E-state index contributed by atoms with van der Waals surface area (Å²) in [5.41, 5.74) is 2.19. The maximum atomic E-state index is 10.9. The molecule has 0 fully saturated rings. The fourth-order valence-corrected chi connectivity index (χ4v) is 2.16. The summed E-state index contributed by atoms with van der Waals surface area (Å²) < 4.78 is 1.97. The summed E-state index contributed by atoms with van der Waals surface area (Å²) in [4.78, 5) is 19.4. The van der Waals surface area contributed by atoms with Crippen molar-refractivity contribution in [2.45, 2.75) is 25.5 Å². The van der Waals surface area contributed by atoms with Crippen molar-refractivity contribution in [3.63, 3.8) is 0 Å². The van der Waals surface area contributed by atoms with E-state index in [-0.39, 0.29) is 0 Å². The molecule has 0 saturated heterocycles. The molecule has 0 saturated carbocycles. The second-order valence-corrected chi connectivity index (χ2v) is 4.87. The van der Waals surface area contributed by atoms with Crippen LogP contribution in [0.5, 0.6) is 0 Å². The number of hydrogen-bond donors (Lipinski definition) is 2. The molecule has 0 radical (unpaired) electrons. The minimum absolute atomic E-state index is 0.325. The normalized spacial score (nSPS) is 13.0. The molecule has 1 aromatic carbocycles. The number of aromatic nitrogens is 2. The van der Waals surface area contributed by atoms with Gasteiger partial charge in [0.2, 0.25) is 0 Å². The number of carbonyl (C=O) groups is 1. The van der Waals surface area contributed by atoms with Crippen LogP contribution < -0.4 is 5.90 Å². The number of imidazole rings is 1. The Kier molecular flexibility index (Phi) is 5.88. The van der Waals surface area contributed by atoms with Crippen LogP contribution in [-0.2, 0) is 16.2 Å². The van der Waals surface area contributed by atoms with Crippen LogP contribution in [0.3, 0.4) is 0 Å². The lowest BCUT2D eigenvalue weighted by molar-refractivity contribution is -0.151. The van der Waals surface area contributed by atoms with Crippen LogP contribution in [0, 0.1) is 0 Å². The van der Waals surface area contributed by atoms with Crippen LogP contribution >= 0.6 is 0 Å². The first kappa shape index (κ1) is 15.9. The second-order valence-electron chi connectivity index (χ2n) is 4.87. The third-order valence-electron chi connectivity index (χ3n) is 3.32. The van der Waals surface area contributed by atoms with E-state index < -0.39 is 12.1 Å². The molecule has 3 N–H and O–H groups in total. The van der Waals surface area contributed by atoms with E-state index in [9.17, 15) is 4.79 Å². The number of hydrogen-bond acceptors (Lipinski definition) is 4. The monoisotopic (exact) mass is 301 g/mol. The van der Waals surface area contributed by atoms with E-state index in [1.54, 1.807) is 12.5 Å². The molecule has 1 heterocycles. The van der Waals surface area contributed by atoms with Gasteiger partial charge in [0, 0.05) is 18.9 Å². The Morgan fingerprint density at radius 3 is 2.77 bits per heavy atom. The van der Waals surface area contributed by atoms with Crippen molar-refractivity contribution < 1.29 is 14.7 Å². The van der Waals surface area contributed by atoms with Crippen LogP contribution in [0.2, 0.25) is 0 Å². The highest BCUT2D eigenvalue weighted by molar-refractivity contribution is 5.72. The minimum Gasteiger partial charge on any atom is -0.479 e. The maximum absolute atomic E-state index is 10.9. The fraction of sp³-hybridized carbons (Fsp3) is 0.250. The Morgan fingerprint density at radius 1 is 1.41 bits per heavy atom. The minimum atomic E-state index is -1.05. The van der Waals surface area contributed by atoms with E-state index in [2.05, 4.69) is 9.82 Å². The zero-order valence-corrected chi connectivity index (χ0v) is 12.1. The quantitative estimate of drug-likeness (QED) is 0.729. The predicted molar refractivity (Wildman–Crippen MR) is 82.6 cm³/mol. The van der Waals surface area contributed by atoms with E-state index in [1.807, 2.05) is 47.2 Å². The number of aliphatic carboxylic acids is 1. The number of benzene rings is 1. The highest BCUT2D eigenvalue weighted by Crippen LogP contribution is 2.18. The van der Waals surface area contributed by atoms with E-state index >= 15 is 0 Å². The first-order valence-corrected chi connectivity index (χ1v) is 6.99. The van der Waals surface area contributed by atoms with Gasteiger partial charge in [-0.05, 0) is 24.0 Å². The zero-order valence-electron chi connectivity index (χ0n) is 12.1. The highest BCUT2D eigenvalue weighted by atomic mass is 16.6. The summed E-state index contributed by atoms with van der Waals surface area (Å²) >= 11 is 0. The van der Waals surface area contributed by atoms with Gasteiger partial charge in [0.1, 0.15) is 0 Å². The molecule has 0 bridgehead atoms. The molecule has 1 atom stereocenters. The lowest BCUT2D eigenvalue weighted by Crippen LogP contribution is -2.26. The SMILES string of the molecule is NOC(CC/C=C(/Cn1ccnc1)c1ccccc1)C(=O)O. The van der Waals surface area contributed by atoms with Crippen LogP contribution in [0.4, 0.5) is 0 Å². The second kappa shape index (κ2) is 8.11. The Balaban J connectivity index is 2.10. The van der Waals surface area contributed by atoms with Gasteiger partial charge in [-0.2, -0.15) is 0 Å². The van der Waals surface area contributed by atoms with E-state index in [0.29, 0.717) is 19.4 Å². The Labute approximate surface area is 128 Å². The molecule has 0 aliphatic rings. The van der Waals surface area contributed by atoms with Crippen molar-refractivity contribution >= 4 is 11.5 Å². The number of nitrogens with zero attached hydrogens (tertiary/aromatic N) is 2. The van der Waals surface area contributed by atoms with Crippen molar-refractivity contribution in [2.75, 3.05) is 0 Å². The van der Waals surface area contributed by atoms with Gasteiger partial charge >= 0.3 is 5.97 Å². The van der Waals surface area contributed by atoms with Crippen molar-refractivity contribution in [2.24, 2.45) is 5.90 Å². The molecule has 2 aromatic rings. The Bertz CT molecular complexity index is 609. The van der Waals surface area contributed by atoms with Crippen molar-refractivity contribution in [1.29, 1.82) is 0 Å². The molecule has 2 rings (SSSR count). The summed E-state index contributed by atoms with van der Waals surface area (Å²) in [5, 5.41) is 8.92. The summed E-state index contributed by atoms with van der Waals surface area (Å²) in [5.74, 6) is 3.95. The Morgan fingerprint density at radius 2 is 2.18 bits per heavy atom. The lowest BCUT2D eigenvalue weighted by Gasteiger charge is -2.11. The number of allylic oxidation sites excluding steroid dienone is 2. The molecule has 6 heteroatoms. The summed E-state index contributed by atoms with van der Waals surface area (Å²) in [7, 11) is 0. The molecular formula is C16H19N3O3. The van der Waals surface area contributed by atoms with Crippen molar-refractivity contribution in [3.05, 3.63) is 60.7 Å². The number of carboxylic acids is 1. The van der Waals surface area contributed by atoms with Gasteiger partial charge in [0.05, 0.1) is 6.33 Å². The van der Waals surface area contributed by atoms with Crippen LogP contribution in [0.1, 0.15) is 18.4 Å². The topological polar surface area (TPSA) is 90.4 Å². The fourth-order valence-electron chi connectivity index (χ4n) is 2.16. The predicted octanol–water partition coefficient (Wildman–Crippen LogP) is 2.09. The van der Waals surface area contributed by atoms with Gasteiger partial charge in [-0.3, -0.25) is 4.84 Å². The average molecular weight is 301 g/mol. The molecule has 0 aliphatic carbocycles. The standard InChI is InChI=1S/C16H19N3O3/c17-22-15(16(20)21)8-4-7-14(11-19-10-9-18-12-19)13-5-2-1-3-6-13/h1-3,5-7,9-10,12,15H,4,8,11,17H2,(H,20,21)/b14-7-. The van der Waals surface area contributed by atoms with Crippen LogP contribution in [0.25, 0.3) is 5.57 Å². The molecule has 1 unspecified atom stereocenters. The highest BCUT2D eigenvalue weighted by Gasteiger charge is 2.16. The smallest absolute Gasteiger partial charge is 0.334 e. The number of rotatable bonds is 8. The third-order valence-corrected chi connectivity index (χ3v) is 3.32. The lowest BCUT2D eigenvalue weighted by atomic mass is 10.0. The zero-order chi connectivity index (χ0) is 15.8. The van der Waals surface area contributed by atoms with Gasteiger partial charge in [0.15, 0.2) is 6.10 Å². The van der Waals surface area contributed by atoms with Gasteiger partial charge < -0.3 is 9.67 Å². The first-order chi connectivity index (χ1) is 10.7. The van der Waals surface area contributed by atoms with Crippen LogP contribution in [-0.4, -0.2) is 26.7 Å². The number of carboxylic acid groups (broad SMARTS) is 1. The van der Waals surface area contributed by atoms with Gasteiger partial charge in [-0.1, -0.05) is 36.4 Å². The van der Waals surface area contributed by atoms with E-state index in [1.165, 1.54) is 0 Å². The van der Waals surface area contributed by atoms with Gasteiger partial charge in [0.25, 0.3) is 0 Å². The Hall–Kier alpha value is -2.44. The molecule has 116 valence electrons. The average Bonchev–Trinajstić information content (AvgIpc) is 3.04. The van der Waals surface area contributed by atoms with Crippen molar-refractivity contribution in [3.8, 4) is 0 Å². The first-order valence-electron chi connectivity index (χ1n) is 6.99. The summed E-state index contributed by atoms with van der Waals surface area (Å²) in [6, 6.07) is 9.95. The van der Waals surface area contributed by atoms with Gasteiger partial charge in [-0.15, -0.1) is 0 Å². The molecule has 1 aromatic heterocycles. The third kappa shape index (κ3) is 4.54. The largest absolute Gasteiger partial charge is 0.479 e. The molecular weight excluding hydrogens is 282 g/mol. The molecule has 0 aliphatic heterocycles. The number of nitrogens with two attached hydrogens (primary N) is 1. The summed E-state index contributed by atoms with van der Waals surface area (Å²) in [6.45, 7) is 0.672. The molecule has 0 spiro atoms. The van der Waals surface area contributed by atoms with Crippen molar-refractivity contribution in [1.82, 2.24) is 9.55 Å². The van der Waals surface area contributed by atoms with Gasteiger partial charge in [-0.25, -0.2) is 15.7 Å². The maximum Gasteiger partial charge on any atom is 0.334 e. The summed E-state index contributed by atoms with van der Waals surface area (Å²) in [6.07, 6.45) is 7.29. The molecule has 22 heavy (non-hydrogen) atoms. The van der Waals surface area contributed by atoms with E-state index in [0.717, 1.165) is 11.1 Å². The molecule has 0 amide bonds. The van der Waals surface area contributed by atoms with E-state index in [4.69, 9.17) is 11.0 Å².